The molecule has 0 aromatic heterocycles. The highest BCUT2D eigenvalue weighted by molar-refractivity contribution is 6.09. The van der Waals surface area contributed by atoms with Gasteiger partial charge >= 0.3 is 0 Å². The van der Waals surface area contributed by atoms with Crippen molar-refractivity contribution in [2.24, 2.45) is 0 Å². The number of Topliss-reactive ketones (excluding diaryl/α,β-unsaturated/α-hetero) is 1. The van der Waals surface area contributed by atoms with E-state index in [9.17, 15) is 4.79 Å². The van der Waals surface area contributed by atoms with E-state index in [-0.39, 0.29) is 5.78 Å². The summed E-state index contributed by atoms with van der Waals surface area (Å²) in [5, 5.41) is 0. The lowest BCUT2D eigenvalue weighted by Gasteiger charge is -2.15. The van der Waals surface area contributed by atoms with E-state index in [0.717, 1.165) is 41.5 Å². The number of hydrogen-bond acceptors (Lipinski definition) is 1. The van der Waals surface area contributed by atoms with E-state index in [0.29, 0.717) is 0 Å². The van der Waals surface area contributed by atoms with Crippen LogP contribution in [0.1, 0.15) is 30.4 Å². The van der Waals surface area contributed by atoms with Gasteiger partial charge in [-0.1, -0.05) is 97.1 Å². The highest BCUT2D eigenvalue weighted by Crippen LogP contribution is 2.25. The normalized spacial score (nSPS) is 18.6. The SMILES string of the molecule is O=C1/C(=C/C=C/c2ccccc2)CCC/C1=C\C=C\c1ccccc1. The maximum absolute atomic E-state index is 12.6. The van der Waals surface area contributed by atoms with Gasteiger partial charge in [0.25, 0.3) is 0 Å². The first kappa shape index (κ1) is 16.9. The van der Waals surface area contributed by atoms with Crippen molar-refractivity contribution in [1.29, 1.82) is 0 Å². The van der Waals surface area contributed by atoms with Gasteiger partial charge in [0.2, 0.25) is 0 Å². The van der Waals surface area contributed by atoms with E-state index < -0.39 is 0 Å². The molecule has 3 rings (SSSR count). The molecule has 1 aliphatic carbocycles. The van der Waals surface area contributed by atoms with Crippen LogP contribution in [0, 0.1) is 0 Å². The Bertz CT molecular complexity index is 751. The third-order valence-electron chi connectivity index (χ3n) is 4.25. The molecule has 1 heteroatoms. The van der Waals surface area contributed by atoms with Crippen molar-refractivity contribution in [2.45, 2.75) is 19.3 Å². The van der Waals surface area contributed by atoms with Crippen molar-refractivity contribution < 1.29 is 4.79 Å². The zero-order valence-corrected chi connectivity index (χ0v) is 14.3. The largest absolute Gasteiger partial charge is 0.289 e. The minimum Gasteiger partial charge on any atom is -0.289 e. The Hall–Kier alpha value is -2.93. The Kier molecular flexibility index (Phi) is 5.95. The summed E-state index contributed by atoms with van der Waals surface area (Å²) in [6.07, 6.45) is 14.7. The third kappa shape index (κ3) is 5.02. The predicted octanol–water partition coefficient (Wildman–Crippen LogP) is 6.02. The van der Waals surface area contributed by atoms with Crippen molar-refractivity contribution in [3.8, 4) is 0 Å². The first-order chi connectivity index (χ1) is 12.3. The fourth-order valence-electron chi connectivity index (χ4n) is 2.90. The summed E-state index contributed by atoms with van der Waals surface area (Å²) in [6.45, 7) is 0. The van der Waals surface area contributed by atoms with Crippen LogP contribution in [0.25, 0.3) is 12.2 Å². The molecule has 1 aliphatic rings. The van der Waals surface area contributed by atoms with Crippen LogP contribution in [0.3, 0.4) is 0 Å². The van der Waals surface area contributed by atoms with Crippen molar-refractivity contribution in [3.05, 3.63) is 107 Å². The second-order valence-electron chi connectivity index (χ2n) is 6.11. The van der Waals surface area contributed by atoms with Gasteiger partial charge in [0, 0.05) is 0 Å². The summed E-state index contributed by atoms with van der Waals surface area (Å²) in [5.41, 5.74) is 4.09. The molecule has 25 heavy (non-hydrogen) atoms. The van der Waals surface area contributed by atoms with E-state index in [2.05, 4.69) is 24.3 Å². The Morgan fingerprint density at radius 1 is 0.640 bits per heavy atom. The maximum atomic E-state index is 12.6. The number of carbonyl (C=O) groups is 1. The molecule has 124 valence electrons. The Balaban J connectivity index is 1.68. The molecule has 0 N–H and O–H groups in total. The third-order valence-corrected chi connectivity index (χ3v) is 4.25. The van der Waals surface area contributed by atoms with Crippen LogP contribution < -0.4 is 0 Å². The molecule has 1 saturated carbocycles. The smallest absolute Gasteiger partial charge is 0.184 e. The average molecular weight is 326 g/mol. The highest BCUT2D eigenvalue weighted by Gasteiger charge is 2.18. The Labute approximate surface area is 149 Å². The molecule has 0 radical (unpaired) electrons. The molecule has 1 nitrogen and oxygen atoms in total. The number of ketones is 1. The van der Waals surface area contributed by atoms with Crippen molar-refractivity contribution in [1.82, 2.24) is 0 Å². The first-order valence-electron chi connectivity index (χ1n) is 8.72. The van der Waals surface area contributed by atoms with Crippen LogP contribution in [-0.2, 0) is 4.79 Å². The molecule has 0 bridgehead atoms. The summed E-state index contributed by atoms with van der Waals surface area (Å²) in [4.78, 5) is 12.6. The van der Waals surface area contributed by atoms with Gasteiger partial charge in [-0.3, -0.25) is 4.79 Å². The van der Waals surface area contributed by atoms with Crippen LogP contribution in [0.15, 0.2) is 96.1 Å². The molecule has 1 fully saturated rings. The standard InChI is InChI=1S/C24H22O/c25-24-22(16-7-14-20-10-3-1-4-11-20)18-9-19-23(24)17-8-15-21-12-5-2-6-13-21/h1-8,10-17H,9,18-19H2/b14-7+,15-8+,22-16+,23-17+. The molecule has 0 spiro atoms. The van der Waals surface area contributed by atoms with Crippen LogP contribution in [-0.4, -0.2) is 5.78 Å². The molecule has 2 aromatic carbocycles. The van der Waals surface area contributed by atoms with E-state index in [4.69, 9.17) is 0 Å². The van der Waals surface area contributed by atoms with E-state index in [1.807, 2.05) is 72.9 Å². The number of rotatable bonds is 4. The molecule has 2 aromatic rings. The fourth-order valence-corrected chi connectivity index (χ4v) is 2.90. The van der Waals surface area contributed by atoms with Crippen molar-refractivity contribution >= 4 is 17.9 Å². The second kappa shape index (κ2) is 8.79. The lowest BCUT2D eigenvalue weighted by Crippen LogP contribution is -2.12. The summed E-state index contributed by atoms with van der Waals surface area (Å²) < 4.78 is 0. The van der Waals surface area contributed by atoms with Crippen LogP contribution >= 0.6 is 0 Å². The van der Waals surface area contributed by atoms with Crippen LogP contribution in [0.5, 0.6) is 0 Å². The van der Waals surface area contributed by atoms with Crippen molar-refractivity contribution in [2.75, 3.05) is 0 Å². The molecular formula is C24H22O. The Morgan fingerprint density at radius 2 is 1.08 bits per heavy atom. The minimum atomic E-state index is 0.182. The van der Waals surface area contributed by atoms with E-state index in [1.54, 1.807) is 0 Å². The first-order valence-corrected chi connectivity index (χ1v) is 8.72. The van der Waals surface area contributed by atoms with Gasteiger partial charge in [0.05, 0.1) is 0 Å². The van der Waals surface area contributed by atoms with Gasteiger partial charge in [-0.2, -0.15) is 0 Å². The van der Waals surface area contributed by atoms with E-state index in [1.165, 1.54) is 0 Å². The van der Waals surface area contributed by atoms with Crippen LogP contribution in [0.2, 0.25) is 0 Å². The van der Waals surface area contributed by atoms with Gasteiger partial charge < -0.3 is 0 Å². The van der Waals surface area contributed by atoms with Gasteiger partial charge in [0.1, 0.15) is 0 Å². The van der Waals surface area contributed by atoms with E-state index >= 15 is 0 Å². The van der Waals surface area contributed by atoms with Gasteiger partial charge in [0.15, 0.2) is 5.78 Å². The molecule has 0 saturated heterocycles. The number of carbonyl (C=O) groups excluding carboxylic acids is 1. The lowest BCUT2D eigenvalue weighted by molar-refractivity contribution is -0.113. The quantitative estimate of drug-likeness (QED) is 0.628. The second-order valence-corrected chi connectivity index (χ2v) is 6.11. The summed E-state index contributed by atoms with van der Waals surface area (Å²) in [5.74, 6) is 0.182. The molecule has 0 atom stereocenters. The van der Waals surface area contributed by atoms with Gasteiger partial charge in [-0.15, -0.1) is 0 Å². The summed E-state index contributed by atoms with van der Waals surface area (Å²) in [7, 11) is 0. The monoisotopic (exact) mass is 326 g/mol. The lowest BCUT2D eigenvalue weighted by atomic mass is 9.88. The number of benzene rings is 2. The molecule has 0 unspecified atom stereocenters. The van der Waals surface area contributed by atoms with Gasteiger partial charge in [-0.25, -0.2) is 0 Å². The number of allylic oxidation sites excluding steroid dienone is 6. The Morgan fingerprint density at radius 3 is 1.52 bits per heavy atom. The molecule has 0 heterocycles. The summed E-state index contributed by atoms with van der Waals surface area (Å²) in [6, 6.07) is 20.3. The molecular weight excluding hydrogens is 304 g/mol. The zero-order chi connectivity index (χ0) is 17.3. The highest BCUT2D eigenvalue weighted by atomic mass is 16.1. The molecule has 0 amide bonds. The number of hydrogen-bond donors (Lipinski definition) is 0. The molecule has 0 aliphatic heterocycles. The maximum Gasteiger partial charge on any atom is 0.184 e. The predicted molar refractivity (Wildman–Crippen MR) is 106 cm³/mol. The van der Waals surface area contributed by atoms with Crippen molar-refractivity contribution in [3.63, 3.8) is 0 Å². The zero-order valence-electron chi connectivity index (χ0n) is 14.3. The minimum absolute atomic E-state index is 0.182. The fraction of sp³-hybridized carbons (Fsp3) is 0.125. The van der Waals surface area contributed by atoms with Gasteiger partial charge in [-0.05, 0) is 41.5 Å². The summed E-state index contributed by atoms with van der Waals surface area (Å²) >= 11 is 0. The topological polar surface area (TPSA) is 17.1 Å². The van der Waals surface area contributed by atoms with Crippen LogP contribution in [0.4, 0.5) is 0 Å². The average Bonchev–Trinajstić information content (AvgIpc) is 2.66.